The van der Waals surface area contributed by atoms with Gasteiger partial charge in [0.05, 0.1) is 12.3 Å². The summed E-state index contributed by atoms with van der Waals surface area (Å²) in [6, 6.07) is 6.15. The van der Waals surface area contributed by atoms with Crippen LogP contribution in [-0.2, 0) is 6.42 Å². The molecule has 0 heterocycles. The lowest BCUT2D eigenvalue weighted by Gasteiger charge is -2.16. The van der Waals surface area contributed by atoms with E-state index >= 15 is 0 Å². The topological polar surface area (TPSA) is 38.5 Å². The van der Waals surface area contributed by atoms with Crippen LogP contribution in [-0.4, -0.2) is 31.6 Å². The molecule has 0 atom stereocenters. The van der Waals surface area contributed by atoms with E-state index in [-0.39, 0.29) is 0 Å². The van der Waals surface area contributed by atoms with Gasteiger partial charge in [-0.2, -0.15) is 0 Å². The van der Waals surface area contributed by atoms with Gasteiger partial charge in [-0.15, -0.1) is 0 Å². The van der Waals surface area contributed by atoms with Gasteiger partial charge >= 0.3 is 0 Å². The minimum absolute atomic E-state index is 0.725. The standard InChI is InChI=1S/C16H28N2O/c1-4-6-10-18(3)11-9-14-7-8-16(15(17)13-14)19-12-5-2/h7-8,13H,4-6,9-12,17H2,1-3H3. The van der Waals surface area contributed by atoms with E-state index in [1.807, 2.05) is 12.1 Å². The van der Waals surface area contributed by atoms with Crippen LogP contribution in [0.3, 0.4) is 0 Å². The zero-order valence-electron chi connectivity index (χ0n) is 12.6. The first-order valence-electron chi connectivity index (χ1n) is 7.37. The van der Waals surface area contributed by atoms with Crippen molar-refractivity contribution >= 4 is 5.69 Å². The second-order valence-corrected chi connectivity index (χ2v) is 5.13. The Balaban J connectivity index is 2.44. The predicted molar refractivity (Wildman–Crippen MR) is 82.7 cm³/mol. The average Bonchev–Trinajstić information content (AvgIpc) is 2.41. The highest BCUT2D eigenvalue weighted by Crippen LogP contribution is 2.23. The van der Waals surface area contributed by atoms with E-state index in [9.17, 15) is 0 Å². The average molecular weight is 264 g/mol. The number of rotatable bonds is 9. The first-order valence-corrected chi connectivity index (χ1v) is 7.37. The first kappa shape index (κ1) is 15.8. The van der Waals surface area contributed by atoms with Gasteiger partial charge < -0.3 is 15.4 Å². The van der Waals surface area contributed by atoms with Crippen molar-refractivity contribution < 1.29 is 4.74 Å². The molecule has 3 nitrogen and oxygen atoms in total. The van der Waals surface area contributed by atoms with E-state index in [1.54, 1.807) is 0 Å². The second-order valence-electron chi connectivity index (χ2n) is 5.13. The van der Waals surface area contributed by atoms with Gasteiger partial charge in [-0.1, -0.05) is 26.3 Å². The molecule has 0 fully saturated rings. The van der Waals surface area contributed by atoms with Crippen LogP contribution in [0.15, 0.2) is 18.2 Å². The molecular formula is C16H28N2O. The molecule has 0 amide bonds. The van der Waals surface area contributed by atoms with Crippen LogP contribution in [0.1, 0.15) is 38.7 Å². The van der Waals surface area contributed by atoms with E-state index in [0.717, 1.165) is 37.4 Å². The molecule has 0 saturated heterocycles. The Morgan fingerprint density at radius 2 is 1.95 bits per heavy atom. The molecule has 1 aromatic carbocycles. The minimum Gasteiger partial charge on any atom is -0.491 e. The number of hydrogen-bond donors (Lipinski definition) is 1. The largest absolute Gasteiger partial charge is 0.491 e. The second kappa shape index (κ2) is 8.81. The zero-order chi connectivity index (χ0) is 14.1. The van der Waals surface area contributed by atoms with Crippen molar-refractivity contribution in [3.63, 3.8) is 0 Å². The lowest BCUT2D eigenvalue weighted by molar-refractivity contribution is 0.318. The molecule has 0 aliphatic carbocycles. The Hall–Kier alpha value is -1.22. The zero-order valence-corrected chi connectivity index (χ0v) is 12.6. The number of likely N-dealkylation sites (N-methyl/N-ethyl adjacent to an activating group) is 1. The van der Waals surface area contributed by atoms with Crippen LogP contribution in [0, 0.1) is 0 Å². The summed E-state index contributed by atoms with van der Waals surface area (Å²) in [4.78, 5) is 2.38. The van der Waals surface area contributed by atoms with Gasteiger partial charge in [0.2, 0.25) is 0 Å². The van der Waals surface area contributed by atoms with Gasteiger partial charge in [-0.3, -0.25) is 0 Å². The number of hydrogen-bond acceptors (Lipinski definition) is 3. The summed E-state index contributed by atoms with van der Waals surface area (Å²) in [6.45, 7) is 7.29. The Kier molecular flexibility index (Phi) is 7.34. The lowest BCUT2D eigenvalue weighted by atomic mass is 10.1. The molecule has 0 unspecified atom stereocenters. The molecule has 3 heteroatoms. The summed E-state index contributed by atoms with van der Waals surface area (Å²) in [5.41, 5.74) is 8.04. The van der Waals surface area contributed by atoms with Gasteiger partial charge in [0.25, 0.3) is 0 Å². The Labute approximate surface area is 117 Å². The maximum absolute atomic E-state index is 6.01. The third kappa shape index (κ3) is 5.97. The SMILES string of the molecule is CCCCN(C)CCc1ccc(OCCC)c(N)c1. The molecule has 0 aliphatic heterocycles. The van der Waals surface area contributed by atoms with Crippen LogP contribution >= 0.6 is 0 Å². The molecule has 2 N–H and O–H groups in total. The molecule has 0 bridgehead atoms. The van der Waals surface area contributed by atoms with Crippen LogP contribution < -0.4 is 10.5 Å². The summed E-state index contributed by atoms with van der Waals surface area (Å²) < 4.78 is 5.58. The van der Waals surface area contributed by atoms with Gasteiger partial charge in [0, 0.05) is 6.54 Å². The van der Waals surface area contributed by atoms with Crippen LogP contribution in [0.25, 0.3) is 0 Å². The van der Waals surface area contributed by atoms with Crippen molar-refractivity contribution in [3.05, 3.63) is 23.8 Å². The predicted octanol–water partition coefficient (Wildman–Crippen LogP) is 3.33. The minimum atomic E-state index is 0.725. The number of ether oxygens (including phenoxy) is 1. The van der Waals surface area contributed by atoms with E-state index in [0.29, 0.717) is 0 Å². The first-order chi connectivity index (χ1) is 9.17. The molecular weight excluding hydrogens is 236 g/mol. The van der Waals surface area contributed by atoms with E-state index in [1.165, 1.54) is 24.9 Å². The third-order valence-electron chi connectivity index (χ3n) is 3.21. The Morgan fingerprint density at radius 1 is 1.16 bits per heavy atom. The maximum Gasteiger partial charge on any atom is 0.142 e. The van der Waals surface area contributed by atoms with Crippen molar-refractivity contribution in [1.29, 1.82) is 0 Å². The molecule has 0 saturated carbocycles. The number of benzene rings is 1. The highest BCUT2D eigenvalue weighted by Gasteiger charge is 2.03. The van der Waals surface area contributed by atoms with E-state index < -0.39 is 0 Å². The number of nitrogens with two attached hydrogens (primary N) is 1. The fourth-order valence-corrected chi connectivity index (χ4v) is 1.96. The number of nitrogen functional groups attached to an aromatic ring is 1. The van der Waals surface area contributed by atoms with E-state index in [4.69, 9.17) is 10.5 Å². The quantitative estimate of drug-likeness (QED) is 0.695. The third-order valence-corrected chi connectivity index (χ3v) is 3.21. The van der Waals surface area contributed by atoms with Crippen molar-refractivity contribution in [2.45, 2.75) is 39.5 Å². The van der Waals surface area contributed by atoms with Gasteiger partial charge in [0.1, 0.15) is 5.75 Å². The normalized spacial score (nSPS) is 10.9. The molecule has 1 aromatic rings. The van der Waals surface area contributed by atoms with Gasteiger partial charge in [-0.25, -0.2) is 0 Å². The molecule has 0 aromatic heterocycles. The van der Waals surface area contributed by atoms with E-state index in [2.05, 4.69) is 31.9 Å². The number of anilines is 1. The summed E-state index contributed by atoms with van der Waals surface area (Å²) in [5.74, 6) is 0.810. The van der Waals surface area contributed by atoms with Crippen LogP contribution in [0.5, 0.6) is 5.75 Å². The molecule has 0 spiro atoms. The Morgan fingerprint density at radius 3 is 2.58 bits per heavy atom. The Bertz CT molecular complexity index is 366. The molecule has 0 aliphatic rings. The summed E-state index contributed by atoms with van der Waals surface area (Å²) in [7, 11) is 2.18. The molecule has 1 rings (SSSR count). The summed E-state index contributed by atoms with van der Waals surface area (Å²) in [5, 5.41) is 0. The fourth-order valence-electron chi connectivity index (χ4n) is 1.96. The van der Waals surface area contributed by atoms with Gasteiger partial charge in [-0.05, 0) is 50.6 Å². The van der Waals surface area contributed by atoms with Crippen molar-refractivity contribution in [1.82, 2.24) is 4.90 Å². The highest BCUT2D eigenvalue weighted by atomic mass is 16.5. The number of nitrogens with zero attached hydrogens (tertiary/aromatic N) is 1. The monoisotopic (exact) mass is 264 g/mol. The van der Waals surface area contributed by atoms with Crippen LogP contribution in [0.2, 0.25) is 0 Å². The van der Waals surface area contributed by atoms with Gasteiger partial charge in [0.15, 0.2) is 0 Å². The summed E-state index contributed by atoms with van der Waals surface area (Å²) in [6.07, 6.45) is 4.56. The molecule has 0 radical (unpaired) electrons. The lowest BCUT2D eigenvalue weighted by Crippen LogP contribution is -2.22. The smallest absolute Gasteiger partial charge is 0.142 e. The van der Waals surface area contributed by atoms with Crippen molar-refractivity contribution in [3.8, 4) is 5.75 Å². The number of unbranched alkanes of at least 4 members (excludes halogenated alkanes) is 1. The maximum atomic E-state index is 6.01. The molecule has 19 heavy (non-hydrogen) atoms. The van der Waals surface area contributed by atoms with Crippen molar-refractivity contribution in [2.24, 2.45) is 0 Å². The van der Waals surface area contributed by atoms with Crippen LogP contribution in [0.4, 0.5) is 5.69 Å². The van der Waals surface area contributed by atoms with Crippen molar-refractivity contribution in [2.75, 3.05) is 32.5 Å². The fraction of sp³-hybridized carbons (Fsp3) is 0.625. The highest BCUT2D eigenvalue weighted by molar-refractivity contribution is 5.54. The summed E-state index contributed by atoms with van der Waals surface area (Å²) >= 11 is 0. The molecule has 108 valence electrons.